The van der Waals surface area contributed by atoms with Crippen LogP contribution in [0, 0.1) is 23.2 Å². The summed E-state index contributed by atoms with van der Waals surface area (Å²) in [6.07, 6.45) is 1.32. The lowest BCUT2D eigenvalue weighted by molar-refractivity contribution is -0.133. The van der Waals surface area contributed by atoms with E-state index >= 15 is 0 Å². The van der Waals surface area contributed by atoms with Gasteiger partial charge in [-0.1, -0.05) is 5.92 Å². The van der Waals surface area contributed by atoms with Crippen LogP contribution in [-0.2, 0) is 9.53 Å². The highest BCUT2D eigenvalue weighted by Crippen LogP contribution is 1.94. The molecule has 15 heavy (non-hydrogen) atoms. The number of esters is 1. The fraction of sp³-hybridized carbons (Fsp3) is 0.100. The summed E-state index contributed by atoms with van der Waals surface area (Å²) in [6, 6.07) is 3.01. The van der Waals surface area contributed by atoms with E-state index in [-0.39, 0.29) is 5.56 Å². The number of nitrogens with zero attached hydrogens (tertiary/aromatic N) is 1. The van der Waals surface area contributed by atoms with Gasteiger partial charge in [0.05, 0.1) is 7.11 Å². The monoisotopic (exact) mass is 202 g/mol. The molecule has 1 heterocycles. The Balaban J connectivity index is 3.07. The van der Waals surface area contributed by atoms with Crippen LogP contribution >= 0.6 is 0 Å². The van der Waals surface area contributed by atoms with Crippen molar-refractivity contribution in [3.8, 4) is 17.9 Å². The molecule has 1 aromatic heterocycles. The Morgan fingerprint density at radius 2 is 2.33 bits per heavy atom. The molecule has 5 nitrogen and oxygen atoms in total. The SMILES string of the molecule is COC(=O)C#Cc1c[nH]c(=O)c(C#N)c1. The summed E-state index contributed by atoms with van der Waals surface area (Å²) < 4.78 is 4.30. The zero-order valence-electron chi connectivity index (χ0n) is 7.83. The highest BCUT2D eigenvalue weighted by Gasteiger charge is 1.98. The number of hydrogen-bond donors (Lipinski definition) is 1. The first-order valence-corrected chi connectivity index (χ1v) is 3.90. The average Bonchev–Trinajstić information content (AvgIpc) is 2.27. The van der Waals surface area contributed by atoms with Crippen LogP contribution in [0.5, 0.6) is 0 Å². The van der Waals surface area contributed by atoms with Gasteiger partial charge in [0.2, 0.25) is 0 Å². The van der Waals surface area contributed by atoms with Crippen molar-refractivity contribution in [2.45, 2.75) is 0 Å². The Morgan fingerprint density at radius 1 is 1.60 bits per heavy atom. The molecule has 1 aromatic rings. The Labute approximate surface area is 85.3 Å². The van der Waals surface area contributed by atoms with E-state index in [2.05, 4.69) is 21.6 Å². The van der Waals surface area contributed by atoms with E-state index in [1.807, 2.05) is 0 Å². The first-order chi connectivity index (χ1) is 7.17. The number of H-pyrrole nitrogens is 1. The van der Waals surface area contributed by atoms with Crippen molar-refractivity contribution in [2.24, 2.45) is 0 Å². The number of ether oxygens (including phenoxy) is 1. The zero-order valence-corrected chi connectivity index (χ0v) is 7.83. The van der Waals surface area contributed by atoms with Gasteiger partial charge in [0.1, 0.15) is 11.6 Å². The summed E-state index contributed by atoms with van der Waals surface area (Å²) in [5.41, 5.74) is -0.163. The molecule has 1 rings (SSSR count). The third-order valence-electron chi connectivity index (χ3n) is 1.52. The van der Waals surface area contributed by atoms with Crippen molar-refractivity contribution in [3.05, 3.63) is 33.7 Å². The second kappa shape index (κ2) is 4.64. The Hall–Kier alpha value is -2.53. The van der Waals surface area contributed by atoms with Gasteiger partial charge in [0.25, 0.3) is 5.56 Å². The smallest absolute Gasteiger partial charge is 0.384 e. The predicted molar refractivity (Wildman–Crippen MR) is 50.7 cm³/mol. The average molecular weight is 202 g/mol. The molecule has 0 bridgehead atoms. The minimum Gasteiger partial charge on any atom is -0.459 e. The first kappa shape index (κ1) is 10.6. The fourth-order valence-electron chi connectivity index (χ4n) is 0.813. The van der Waals surface area contributed by atoms with E-state index < -0.39 is 11.5 Å². The van der Waals surface area contributed by atoms with E-state index in [9.17, 15) is 9.59 Å². The highest BCUT2D eigenvalue weighted by atomic mass is 16.5. The van der Waals surface area contributed by atoms with Crippen LogP contribution in [0.4, 0.5) is 0 Å². The topological polar surface area (TPSA) is 83.0 Å². The minimum absolute atomic E-state index is 0.0494. The summed E-state index contributed by atoms with van der Waals surface area (Å²) in [5, 5.41) is 8.56. The van der Waals surface area contributed by atoms with E-state index in [1.54, 1.807) is 6.07 Å². The molecule has 0 spiro atoms. The molecular formula is C10H6N2O3. The van der Waals surface area contributed by atoms with Gasteiger partial charge in [0.15, 0.2) is 0 Å². The third kappa shape index (κ3) is 2.71. The molecule has 0 amide bonds. The lowest BCUT2D eigenvalue weighted by Gasteiger charge is -1.90. The number of nitrogens with one attached hydrogen (secondary N) is 1. The summed E-state index contributed by atoms with van der Waals surface area (Å²) in [7, 11) is 1.21. The van der Waals surface area contributed by atoms with Crippen LogP contribution in [0.15, 0.2) is 17.1 Å². The molecule has 0 fully saturated rings. The molecule has 0 atom stereocenters. The molecule has 0 aliphatic rings. The van der Waals surface area contributed by atoms with Crippen LogP contribution in [0.1, 0.15) is 11.1 Å². The normalized spacial score (nSPS) is 8.27. The Morgan fingerprint density at radius 3 is 2.93 bits per heavy atom. The Bertz CT molecular complexity index is 540. The number of carbonyl (C=O) groups excluding carboxylic acids is 1. The van der Waals surface area contributed by atoms with E-state index in [4.69, 9.17) is 5.26 Å². The maximum Gasteiger partial charge on any atom is 0.384 e. The second-order valence-electron chi connectivity index (χ2n) is 2.48. The molecule has 0 unspecified atom stereocenters. The van der Waals surface area contributed by atoms with E-state index in [1.165, 1.54) is 19.4 Å². The maximum atomic E-state index is 11.0. The van der Waals surface area contributed by atoms with Gasteiger partial charge in [-0.3, -0.25) is 4.79 Å². The minimum atomic E-state index is -0.681. The standard InChI is InChI=1S/C10H6N2O3/c1-15-9(13)3-2-7-4-8(5-11)10(14)12-6-7/h4,6H,1H3,(H,12,14). The number of nitriles is 1. The molecular weight excluding hydrogens is 196 g/mol. The van der Waals surface area contributed by atoms with Gasteiger partial charge in [0, 0.05) is 17.7 Å². The van der Waals surface area contributed by atoms with Crippen molar-refractivity contribution in [3.63, 3.8) is 0 Å². The molecule has 0 aromatic carbocycles. The number of methoxy groups -OCH3 is 1. The Kier molecular flexibility index (Phi) is 3.26. The van der Waals surface area contributed by atoms with Crippen molar-refractivity contribution in [2.75, 3.05) is 7.11 Å². The first-order valence-electron chi connectivity index (χ1n) is 3.90. The quantitative estimate of drug-likeness (QED) is 0.465. The summed E-state index contributed by atoms with van der Waals surface area (Å²) in [6.45, 7) is 0. The molecule has 0 saturated heterocycles. The number of carbonyl (C=O) groups is 1. The zero-order chi connectivity index (χ0) is 11.3. The lowest BCUT2D eigenvalue weighted by Crippen LogP contribution is -2.09. The van der Waals surface area contributed by atoms with Crippen LogP contribution < -0.4 is 5.56 Å². The van der Waals surface area contributed by atoms with Gasteiger partial charge in [-0.2, -0.15) is 5.26 Å². The number of hydrogen-bond acceptors (Lipinski definition) is 4. The van der Waals surface area contributed by atoms with Gasteiger partial charge in [-0.05, 0) is 6.07 Å². The van der Waals surface area contributed by atoms with E-state index in [0.717, 1.165) is 0 Å². The van der Waals surface area contributed by atoms with Crippen LogP contribution in [0.2, 0.25) is 0 Å². The number of pyridine rings is 1. The van der Waals surface area contributed by atoms with Crippen molar-refractivity contribution >= 4 is 5.97 Å². The summed E-state index contributed by atoms with van der Waals surface area (Å²) in [4.78, 5) is 24.0. The molecule has 0 aliphatic carbocycles. The predicted octanol–water partition coefficient (Wildman–Crippen LogP) is -0.229. The van der Waals surface area contributed by atoms with Crippen LogP contribution in [0.25, 0.3) is 0 Å². The third-order valence-corrected chi connectivity index (χ3v) is 1.52. The molecule has 0 radical (unpaired) electrons. The van der Waals surface area contributed by atoms with Crippen LogP contribution in [0.3, 0.4) is 0 Å². The molecule has 0 aliphatic heterocycles. The molecule has 5 heteroatoms. The number of aromatic amines is 1. The van der Waals surface area contributed by atoms with Gasteiger partial charge < -0.3 is 9.72 Å². The number of aromatic nitrogens is 1. The van der Waals surface area contributed by atoms with E-state index in [0.29, 0.717) is 5.56 Å². The maximum absolute atomic E-state index is 11.0. The number of rotatable bonds is 0. The van der Waals surface area contributed by atoms with Gasteiger partial charge in [-0.25, -0.2) is 4.79 Å². The second-order valence-corrected chi connectivity index (χ2v) is 2.48. The molecule has 1 N–H and O–H groups in total. The summed E-state index contributed by atoms with van der Waals surface area (Å²) in [5.74, 6) is 3.95. The van der Waals surface area contributed by atoms with Crippen molar-refractivity contribution in [1.82, 2.24) is 4.98 Å². The van der Waals surface area contributed by atoms with Gasteiger partial charge in [-0.15, -0.1) is 0 Å². The lowest BCUT2D eigenvalue weighted by atomic mass is 10.2. The highest BCUT2D eigenvalue weighted by molar-refractivity contribution is 5.88. The summed E-state index contributed by atoms with van der Waals surface area (Å²) >= 11 is 0. The molecule has 74 valence electrons. The molecule has 0 saturated carbocycles. The van der Waals surface area contributed by atoms with Crippen molar-refractivity contribution < 1.29 is 9.53 Å². The fourth-order valence-corrected chi connectivity index (χ4v) is 0.813. The largest absolute Gasteiger partial charge is 0.459 e. The van der Waals surface area contributed by atoms with Crippen LogP contribution in [-0.4, -0.2) is 18.1 Å². The van der Waals surface area contributed by atoms with Gasteiger partial charge >= 0.3 is 5.97 Å². The van der Waals surface area contributed by atoms with Crippen molar-refractivity contribution in [1.29, 1.82) is 5.26 Å².